The summed E-state index contributed by atoms with van der Waals surface area (Å²) < 4.78 is 0. The van der Waals surface area contributed by atoms with E-state index < -0.39 is 11.0 Å². The van der Waals surface area contributed by atoms with Gasteiger partial charge in [0, 0.05) is 30.8 Å². The predicted molar refractivity (Wildman–Crippen MR) is 64.2 cm³/mol. The van der Waals surface area contributed by atoms with Crippen molar-refractivity contribution in [1.29, 1.82) is 0 Å². The first kappa shape index (κ1) is 12.5. The maximum absolute atomic E-state index is 12.1. The lowest BCUT2D eigenvalue weighted by Crippen LogP contribution is -2.42. The summed E-state index contributed by atoms with van der Waals surface area (Å²) in [5.74, 6) is -0.191. The van der Waals surface area contributed by atoms with Crippen LogP contribution in [0.2, 0.25) is 0 Å². The largest absolute Gasteiger partial charge is 0.391 e. The van der Waals surface area contributed by atoms with E-state index >= 15 is 0 Å². The number of nitro benzene ring substituents is 1. The average molecular weight is 250 g/mol. The molecule has 6 heteroatoms. The van der Waals surface area contributed by atoms with Crippen LogP contribution < -0.4 is 0 Å². The number of aliphatic hydroxyl groups is 1. The predicted octanol–water partition coefficient (Wildman–Crippen LogP) is 1.19. The number of hydrogen-bond donors (Lipinski definition) is 1. The number of amides is 1. The number of nitro groups is 1. The minimum absolute atomic E-state index is 0.0368. The van der Waals surface area contributed by atoms with Crippen LogP contribution in [0.1, 0.15) is 23.2 Å². The Bertz CT molecular complexity index is 458. The van der Waals surface area contributed by atoms with E-state index in [4.69, 9.17) is 0 Å². The fraction of sp³-hybridized carbons (Fsp3) is 0.417. The molecule has 1 aromatic rings. The first-order chi connectivity index (χ1) is 8.58. The molecule has 1 unspecified atom stereocenters. The highest BCUT2D eigenvalue weighted by atomic mass is 16.6. The van der Waals surface area contributed by atoms with Crippen molar-refractivity contribution in [3.8, 4) is 0 Å². The summed E-state index contributed by atoms with van der Waals surface area (Å²) in [5, 5.41) is 20.0. The third-order valence-corrected chi connectivity index (χ3v) is 3.01. The molecule has 0 saturated carbocycles. The molecular weight excluding hydrogens is 236 g/mol. The average Bonchev–Trinajstić information content (AvgIpc) is 2.38. The first-order valence-electron chi connectivity index (χ1n) is 5.80. The topological polar surface area (TPSA) is 83.7 Å². The van der Waals surface area contributed by atoms with Crippen LogP contribution in [-0.4, -0.2) is 40.0 Å². The van der Waals surface area contributed by atoms with E-state index in [0.717, 1.165) is 6.42 Å². The number of carbonyl (C=O) groups is 1. The maximum atomic E-state index is 12.1. The Kier molecular flexibility index (Phi) is 3.57. The molecule has 96 valence electrons. The van der Waals surface area contributed by atoms with Gasteiger partial charge in [0.05, 0.1) is 11.0 Å². The number of non-ortho nitro benzene ring substituents is 1. The Labute approximate surface area is 104 Å². The number of piperidine rings is 1. The van der Waals surface area contributed by atoms with E-state index in [9.17, 15) is 20.0 Å². The van der Waals surface area contributed by atoms with Gasteiger partial charge in [-0.05, 0) is 25.0 Å². The van der Waals surface area contributed by atoms with Crippen molar-refractivity contribution < 1.29 is 14.8 Å². The SMILES string of the molecule is O=C(c1ccc([N+](=O)[O-])cc1)N1CCCC(O)C1. The molecule has 1 fully saturated rings. The molecule has 1 aromatic carbocycles. The molecule has 0 radical (unpaired) electrons. The van der Waals surface area contributed by atoms with Crippen molar-refractivity contribution >= 4 is 11.6 Å². The fourth-order valence-electron chi connectivity index (χ4n) is 2.05. The first-order valence-corrected chi connectivity index (χ1v) is 5.80. The molecule has 18 heavy (non-hydrogen) atoms. The van der Waals surface area contributed by atoms with Gasteiger partial charge in [0.1, 0.15) is 0 Å². The molecule has 1 saturated heterocycles. The smallest absolute Gasteiger partial charge is 0.269 e. The van der Waals surface area contributed by atoms with Gasteiger partial charge in [0.25, 0.3) is 11.6 Å². The summed E-state index contributed by atoms with van der Waals surface area (Å²) in [7, 11) is 0. The number of nitrogens with zero attached hydrogens (tertiary/aromatic N) is 2. The molecule has 1 amide bonds. The standard InChI is InChI=1S/C12H14N2O4/c15-11-2-1-7-13(8-11)12(16)9-3-5-10(6-4-9)14(17)18/h3-6,11,15H,1-2,7-8H2. The molecule has 0 aliphatic carbocycles. The van der Waals surface area contributed by atoms with Gasteiger partial charge in [-0.15, -0.1) is 0 Å². The van der Waals surface area contributed by atoms with Gasteiger partial charge in [0.2, 0.25) is 0 Å². The fourth-order valence-corrected chi connectivity index (χ4v) is 2.05. The normalized spacial score (nSPS) is 19.6. The van der Waals surface area contributed by atoms with Gasteiger partial charge in [-0.2, -0.15) is 0 Å². The molecule has 1 N–H and O–H groups in total. The monoisotopic (exact) mass is 250 g/mol. The van der Waals surface area contributed by atoms with Crippen LogP contribution >= 0.6 is 0 Å². The summed E-state index contributed by atoms with van der Waals surface area (Å²) in [4.78, 5) is 23.7. The van der Waals surface area contributed by atoms with E-state index in [1.807, 2.05) is 0 Å². The van der Waals surface area contributed by atoms with Gasteiger partial charge in [-0.1, -0.05) is 0 Å². The number of hydrogen-bond acceptors (Lipinski definition) is 4. The van der Waals surface area contributed by atoms with E-state index in [0.29, 0.717) is 25.1 Å². The molecule has 2 rings (SSSR count). The number of likely N-dealkylation sites (tertiary alicyclic amines) is 1. The van der Waals surface area contributed by atoms with Crippen LogP contribution in [0.4, 0.5) is 5.69 Å². The molecule has 0 spiro atoms. The van der Waals surface area contributed by atoms with Crippen molar-refractivity contribution in [2.75, 3.05) is 13.1 Å². The highest BCUT2D eigenvalue weighted by Crippen LogP contribution is 2.16. The second-order valence-corrected chi connectivity index (χ2v) is 4.35. The van der Waals surface area contributed by atoms with Crippen molar-refractivity contribution in [3.05, 3.63) is 39.9 Å². The van der Waals surface area contributed by atoms with Crippen LogP contribution in [0.15, 0.2) is 24.3 Å². The number of aliphatic hydroxyl groups excluding tert-OH is 1. The summed E-state index contributed by atoms with van der Waals surface area (Å²) in [6, 6.07) is 5.52. The minimum atomic E-state index is -0.501. The number of benzene rings is 1. The highest BCUT2D eigenvalue weighted by Gasteiger charge is 2.23. The van der Waals surface area contributed by atoms with Crippen LogP contribution in [0, 0.1) is 10.1 Å². The number of carbonyl (C=O) groups excluding carboxylic acids is 1. The third kappa shape index (κ3) is 2.65. The van der Waals surface area contributed by atoms with Crippen LogP contribution in [0.5, 0.6) is 0 Å². The number of β-amino-alcohol motifs (C(OH)–C–C–N with tert-alkyl or cyclic N) is 1. The van der Waals surface area contributed by atoms with Gasteiger partial charge in [-0.25, -0.2) is 0 Å². The molecule has 0 aromatic heterocycles. The summed E-state index contributed by atoms with van der Waals surface area (Å²) in [6.45, 7) is 0.947. The van der Waals surface area contributed by atoms with Crippen molar-refractivity contribution in [2.45, 2.75) is 18.9 Å². The second-order valence-electron chi connectivity index (χ2n) is 4.35. The van der Waals surface area contributed by atoms with Crippen LogP contribution in [0.25, 0.3) is 0 Å². The van der Waals surface area contributed by atoms with E-state index in [1.54, 1.807) is 4.90 Å². The maximum Gasteiger partial charge on any atom is 0.269 e. The van der Waals surface area contributed by atoms with Crippen LogP contribution in [-0.2, 0) is 0 Å². The zero-order valence-electron chi connectivity index (χ0n) is 9.78. The summed E-state index contributed by atoms with van der Waals surface area (Å²) in [5.41, 5.74) is 0.375. The van der Waals surface area contributed by atoms with Gasteiger partial charge in [0.15, 0.2) is 0 Å². The Balaban J connectivity index is 2.10. The molecule has 1 atom stereocenters. The summed E-state index contributed by atoms with van der Waals surface area (Å²) >= 11 is 0. The number of rotatable bonds is 2. The van der Waals surface area contributed by atoms with Gasteiger partial charge >= 0.3 is 0 Å². The highest BCUT2D eigenvalue weighted by molar-refractivity contribution is 5.94. The molecule has 0 bridgehead atoms. The van der Waals surface area contributed by atoms with Crippen LogP contribution in [0.3, 0.4) is 0 Å². The molecular formula is C12H14N2O4. The Morgan fingerprint density at radius 1 is 1.39 bits per heavy atom. The van der Waals surface area contributed by atoms with Crippen molar-refractivity contribution in [2.24, 2.45) is 0 Å². The Morgan fingerprint density at radius 3 is 2.61 bits per heavy atom. The molecule has 1 aliphatic rings. The molecule has 1 heterocycles. The zero-order valence-corrected chi connectivity index (χ0v) is 9.78. The van der Waals surface area contributed by atoms with Crippen molar-refractivity contribution in [1.82, 2.24) is 4.90 Å². The molecule has 1 aliphatic heterocycles. The van der Waals surface area contributed by atoms with Gasteiger partial charge < -0.3 is 10.0 Å². The quantitative estimate of drug-likeness (QED) is 0.631. The third-order valence-electron chi connectivity index (χ3n) is 3.01. The minimum Gasteiger partial charge on any atom is -0.391 e. The van der Waals surface area contributed by atoms with Gasteiger partial charge in [-0.3, -0.25) is 14.9 Å². The Morgan fingerprint density at radius 2 is 2.06 bits per heavy atom. The lowest BCUT2D eigenvalue weighted by atomic mass is 10.1. The Hall–Kier alpha value is -1.95. The van der Waals surface area contributed by atoms with E-state index in [1.165, 1.54) is 24.3 Å². The zero-order chi connectivity index (χ0) is 13.1. The lowest BCUT2D eigenvalue weighted by molar-refractivity contribution is -0.384. The van der Waals surface area contributed by atoms with E-state index in [-0.39, 0.29) is 11.6 Å². The van der Waals surface area contributed by atoms with E-state index in [2.05, 4.69) is 0 Å². The lowest BCUT2D eigenvalue weighted by Gasteiger charge is -2.30. The second kappa shape index (κ2) is 5.14. The molecule has 6 nitrogen and oxygen atoms in total. The summed E-state index contributed by atoms with van der Waals surface area (Å²) in [6.07, 6.45) is 1.02. The van der Waals surface area contributed by atoms with Crippen molar-refractivity contribution in [3.63, 3.8) is 0 Å².